The van der Waals surface area contributed by atoms with Gasteiger partial charge in [-0.3, -0.25) is 9.78 Å². The molecule has 4 heteroatoms. The van der Waals surface area contributed by atoms with Gasteiger partial charge in [0.05, 0.1) is 12.7 Å². The molecule has 1 aromatic carbocycles. The Morgan fingerprint density at radius 3 is 2.59 bits per heavy atom. The standard InChI is InChI=1S/C13H10FNO2/c1-17-12-3-2-10(14)8-11(12)13(16)9-4-6-15-7-5-9/h2-8H,1H3. The maximum atomic E-state index is 13.1. The van der Waals surface area contributed by atoms with Gasteiger partial charge >= 0.3 is 0 Å². The molecule has 0 saturated heterocycles. The van der Waals surface area contributed by atoms with Gasteiger partial charge in [0.2, 0.25) is 0 Å². The molecule has 0 radical (unpaired) electrons. The Hall–Kier alpha value is -2.23. The summed E-state index contributed by atoms with van der Waals surface area (Å²) in [6, 6.07) is 7.01. The summed E-state index contributed by atoms with van der Waals surface area (Å²) in [6.07, 6.45) is 3.03. The normalized spacial score (nSPS) is 10.0. The van der Waals surface area contributed by atoms with E-state index in [-0.39, 0.29) is 11.3 Å². The molecule has 0 fully saturated rings. The SMILES string of the molecule is COc1ccc(F)cc1C(=O)c1ccncc1. The first-order chi connectivity index (χ1) is 8.22. The summed E-state index contributed by atoms with van der Waals surface area (Å²) < 4.78 is 18.2. The fraction of sp³-hybridized carbons (Fsp3) is 0.0769. The van der Waals surface area contributed by atoms with E-state index in [4.69, 9.17) is 4.74 Å². The van der Waals surface area contributed by atoms with Crippen molar-refractivity contribution in [2.24, 2.45) is 0 Å². The van der Waals surface area contributed by atoms with Gasteiger partial charge in [-0.1, -0.05) is 0 Å². The van der Waals surface area contributed by atoms with E-state index in [9.17, 15) is 9.18 Å². The second-order valence-corrected chi connectivity index (χ2v) is 3.41. The number of carbonyl (C=O) groups is 1. The van der Waals surface area contributed by atoms with Crippen LogP contribution < -0.4 is 4.74 Å². The molecule has 0 aliphatic carbocycles. The van der Waals surface area contributed by atoms with Crippen LogP contribution in [0, 0.1) is 5.82 Å². The summed E-state index contributed by atoms with van der Waals surface area (Å²) in [7, 11) is 1.44. The van der Waals surface area contributed by atoms with Crippen LogP contribution in [0.1, 0.15) is 15.9 Å². The van der Waals surface area contributed by atoms with E-state index in [0.717, 1.165) is 0 Å². The molecule has 17 heavy (non-hydrogen) atoms. The summed E-state index contributed by atoms with van der Waals surface area (Å²) in [6.45, 7) is 0. The maximum absolute atomic E-state index is 13.1. The molecular formula is C13H10FNO2. The van der Waals surface area contributed by atoms with Gasteiger partial charge in [-0.25, -0.2) is 4.39 Å². The average Bonchev–Trinajstić information content (AvgIpc) is 2.39. The molecule has 2 rings (SSSR count). The Bertz CT molecular complexity index is 540. The van der Waals surface area contributed by atoms with E-state index in [1.54, 1.807) is 12.1 Å². The first-order valence-electron chi connectivity index (χ1n) is 5.00. The molecule has 0 saturated carbocycles. The van der Waals surface area contributed by atoms with Crippen molar-refractivity contribution in [2.75, 3.05) is 7.11 Å². The Morgan fingerprint density at radius 1 is 1.24 bits per heavy atom. The van der Waals surface area contributed by atoms with Crippen LogP contribution in [0.2, 0.25) is 0 Å². The molecule has 0 N–H and O–H groups in total. The molecule has 0 atom stereocenters. The molecule has 0 aliphatic heterocycles. The van der Waals surface area contributed by atoms with Crippen molar-refractivity contribution in [3.8, 4) is 5.75 Å². The largest absolute Gasteiger partial charge is 0.496 e. The minimum Gasteiger partial charge on any atom is -0.496 e. The Kier molecular flexibility index (Phi) is 3.14. The van der Waals surface area contributed by atoms with Gasteiger partial charge in [-0.15, -0.1) is 0 Å². The predicted octanol–water partition coefficient (Wildman–Crippen LogP) is 2.46. The van der Waals surface area contributed by atoms with Gasteiger partial charge in [0.25, 0.3) is 0 Å². The van der Waals surface area contributed by atoms with Crippen molar-refractivity contribution in [2.45, 2.75) is 0 Å². The number of methoxy groups -OCH3 is 1. The van der Waals surface area contributed by atoms with E-state index < -0.39 is 5.82 Å². The van der Waals surface area contributed by atoms with E-state index in [1.165, 1.54) is 37.7 Å². The van der Waals surface area contributed by atoms with E-state index in [0.29, 0.717) is 11.3 Å². The van der Waals surface area contributed by atoms with E-state index in [2.05, 4.69) is 4.98 Å². The number of benzene rings is 1. The van der Waals surface area contributed by atoms with Crippen LogP contribution in [0.3, 0.4) is 0 Å². The summed E-state index contributed by atoms with van der Waals surface area (Å²) in [4.78, 5) is 15.9. The lowest BCUT2D eigenvalue weighted by Crippen LogP contribution is -2.04. The third kappa shape index (κ3) is 2.30. The summed E-state index contributed by atoms with van der Waals surface area (Å²) in [5.74, 6) is -0.403. The smallest absolute Gasteiger partial charge is 0.196 e. The van der Waals surface area contributed by atoms with Gasteiger partial charge in [0.1, 0.15) is 11.6 Å². The molecule has 1 aromatic heterocycles. The summed E-state index contributed by atoms with van der Waals surface area (Å²) in [5, 5.41) is 0. The van der Waals surface area contributed by atoms with Crippen molar-refractivity contribution in [1.82, 2.24) is 4.98 Å². The number of halogens is 1. The minimum atomic E-state index is -0.469. The monoisotopic (exact) mass is 231 g/mol. The second-order valence-electron chi connectivity index (χ2n) is 3.41. The molecule has 1 heterocycles. The lowest BCUT2D eigenvalue weighted by Gasteiger charge is -2.07. The van der Waals surface area contributed by atoms with Crippen LogP contribution in [-0.4, -0.2) is 17.9 Å². The van der Waals surface area contributed by atoms with Crippen molar-refractivity contribution in [3.63, 3.8) is 0 Å². The number of rotatable bonds is 3. The number of hydrogen-bond acceptors (Lipinski definition) is 3. The quantitative estimate of drug-likeness (QED) is 0.762. The minimum absolute atomic E-state index is 0.207. The Labute approximate surface area is 97.9 Å². The molecule has 0 spiro atoms. The lowest BCUT2D eigenvalue weighted by molar-refractivity contribution is 0.103. The van der Waals surface area contributed by atoms with E-state index >= 15 is 0 Å². The van der Waals surface area contributed by atoms with Gasteiger partial charge < -0.3 is 4.74 Å². The molecule has 0 aliphatic rings. The fourth-order valence-corrected chi connectivity index (χ4v) is 1.52. The van der Waals surface area contributed by atoms with Crippen LogP contribution in [0.5, 0.6) is 5.75 Å². The zero-order chi connectivity index (χ0) is 12.3. The van der Waals surface area contributed by atoms with Gasteiger partial charge in [0.15, 0.2) is 5.78 Å². The summed E-state index contributed by atoms with van der Waals surface area (Å²) >= 11 is 0. The molecular weight excluding hydrogens is 221 g/mol. The lowest BCUT2D eigenvalue weighted by atomic mass is 10.0. The highest BCUT2D eigenvalue weighted by atomic mass is 19.1. The van der Waals surface area contributed by atoms with E-state index in [1.807, 2.05) is 0 Å². The second kappa shape index (κ2) is 4.74. The molecule has 86 valence electrons. The molecule has 0 bridgehead atoms. The first-order valence-corrected chi connectivity index (χ1v) is 5.00. The number of aromatic nitrogens is 1. The Morgan fingerprint density at radius 2 is 1.94 bits per heavy atom. The highest BCUT2D eigenvalue weighted by molar-refractivity contribution is 6.10. The highest BCUT2D eigenvalue weighted by Crippen LogP contribution is 2.22. The molecule has 3 nitrogen and oxygen atoms in total. The highest BCUT2D eigenvalue weighted by Gasteiger charge is 2.15. The topological polar surface area (TPSA) is 39.2 Å². The van der Waals surface area contributed by atoms with Gasteiger partial charge in [-0.05, 0) is 30.3 Å². The first kappa shape index (κ1) is 11.3. The number of ether oxygens (including phenoxy) is 1. The zero-order valence-electron chi connectivity index (χ0n) is 9.18. The van der Waals surface area contributed by atoms with Crippen molar-refractivity contribution in [1.29, 1.82) is 0 Å². The van der Waals surface area contributed by atoms with Crippen molar-refractivity contribution in [3.05, 3.63) is 59.7 Å². The molecule has 0 unspecified atom stereocenters. The number of ketones is 1. The number of hydrogen-bond donors (Lipinski definition) is 0. The van der Waals surface area contributed by atoms with Gasteiger partial charge in [-0.2, -0.15) is 0 Å². The number of carbonyl (C=O) groups excluding carboxylic acids is 1. The van der Waals surface area contributed by atoms with Crippen LogP contribution in [0.15, 0.2) is 42.7 Å². The maximum Gasteiger partial charge on any atom is 0.196 e. The average molecular weight is 231 g/mol. The van der Waals surface area contributed by atoms with Crippen LogP contribution in [0.4, 0.5) is 4.39 Å². The number of pyridine rings is 1. The summed E-state index contributed by atoms with van der Waals surface area (Å²) in [5.41, 5.74) is 0.655. The van der Waals surface area contributed by atoms with Crippen molar-refractivity contribution >= 4 is 5.78 Å². The molecule has 0 amide bonds. The zero-order valence-corrected chi connectivity index (χ0v) is 9.18. The molecule has 2 aromatic rings. The predicted molar refractivity (Wildman–Crippen MR) is 60.6 cm³/mol. The number of nitrogens with zero attached hydrogens (tertiary/aromatic N) is 1. The fourth-order valence-electron chi connectivity index (χ4n) is 1.52. The van der Waals surface area contributed by atoms with Crippen LogP contribution in [-0.2, 0) is 0 Å². The van der Waals surface area contributed by atoms with Crippen LogP contribution >= 0.6 is 0 Å². The third-order valence-corrected chi connectivity index (χ3v) is 2.35. The van der Waals surface area contributed by atoms with Gasteiger partial charge in [0, 0.05) is 18.0 Å². The Balaban J connectivity index is 2.47. The van der Waals surface area contributed by atoms with Crippen LogP contribution in [0.25, 0.3) is 0 Å². The third-order valence-electron chi connectivity index (χ3n) is 2.35. The van der Waals surface area contributed by atoms with Crippen molar-refractivity contribution < 1.29 is 13.9 Å².